The minimum atomic E-state index is -2.90. The number of alkyl halides is 2. The molecule has 2 aromatic carbocycles. The van der Waals surface area contributed by atoms with E-state index in [1.165, 1.54) is 13.2 Å². The summed E-state index contributed by atoms with van der Waals surface area (Å²) in [6.07, 6.45) is 0.907. The van der Waals surface area contributed by atoms with E-state index in [1.807, 2.05) is 35.2 Å². The van der Waals surface area contributed by atoms with Gasteiger partial charge in [-0.25, -0.2) is 9.78 Å². The Morgan fingerprint density at radius 3 is 2.53 bits per heavy atom. The van der Waals surface area contributed by atoms with E-state index >= 15 is 0 Å². The van der Waals surface area contributed by atoms with Crippen molar-refractivity contribution >= 4 is 23.1 Å². The fourth-order valence-corrected chi connectivity index (χ4v) is 4.87. The number of tetrazole rings is 1. The van der Waals surface area contributed by atoms with Crippen LogP contribution in [0.4, 0.5) is 13.6 Å². The average molecular weight is 590 g/mol. The Kier molecular flexibility index (Phi) is 7.70. The molecule has 15 heteroatoms. The van der Waals surface area contributed by atoms with E-state index in [0.29, 0.717) is 48.6 Å². The summed E-state index contributed by atoms with van der Waals surface area (Å²) in [5.74, 6) is 0.479. The Morgan fingerprint density at radius 2 is 1.81 bits per heavy atom. The van der Waals surface area contributed by atoms with Crippen LogP contribution in [-0.4, -0.2) is 85.2 Å². The van der Waals surface area contributed by atoms with Gasteiger partial charge in [0.15, 0.2) is 11.4 Å². The van der Waals surface area contributed by atoms with Gasteiger partial charge in [0.05, 0.1) is 6.04 Å². The lowest BCUT2D eigenvalue weighted by molar-refractivity contribution is 0.0385. The highest BCUT2D eigenvalue weighted by atomic mass is 19.3. The van der Waals surface area contributed by atoms with Crippen LogP contribution in [0.25, 0.3) is 22.6 Å². The molecule has 0 spiro atoms. The quantitative estimate of drug-likeness (QED) is 0.299. The van der Waals surface area contributed by atoms with Gasteiger partial charge < -0.3 is 19.4 Å². The first kappa shape index (κ1) is 27.8. The number of piperazine rings is 1. The zero-order chi connectivity index (χ0) is 29.9. The summed E-state index contributed by atoms with van der Waals surface area (Å²) >= 11 is 0. The van der Waals surface area contributed by atoms with Crippen LogP contribution in [0.3, 0.4) is 0 Å². The number of aromatic nitrogens is 6. The van der Waals surface area contributed by atoms with Crippen molar-refractivity contribution in [1.29, 1.82) is 0 Å². The van der Waals surface area contributed by atoms with Crippen LogP contribution >= 0.6 is 0 Å². The molecular weight excluding hydrogens is 564 g/mol. The highest BCUT2D eigenvalue weighted by Gasteiger charge is 2.32. The highest BCUT2D eigenvalue weighted by Crippen LogP contribution is 2.29. The number of halogens is 2. The zero-order valence-electron chi connectivity index (χ0n) is 22.8. The number of carbonyl (C=O) groups excluding carboxylic acids is 2. The minimum absolute atomic E-state index is 0.159. The van der Waals surface area contributed by atoms with Gasteiger partial charge in [0.25, 0.3) is 5.91 Å². The van der Waals surface area contributed by atoms with Crippen molar-refractivity contribution in [2.24, 2.45) is 0 Å². The predicted molar refractivity (Wildman–Crippen MR) is 147 cm³/mol. The molecule has 1 aliphatic rings. The fourth-order valence-electron chi connectivity index (χ4n) is 4.87. The maximum absolute atomic E-state index is 13.4. The number of ether oxygens (including phenoxy) is 1. The Labute approximate surface area is 243 Å². The monoisotopic (exact) mass is 589 g/mol. The highest BCUT2D eigenvalue weighted by molar-refractivity contribution is 5.93. The van der Waals surface area contributed by atoms with Crippen LogP contribution in [0, 0.1) is 0 Å². The predicted octanol–water partition coefficient (Wildman–Crippen LogP) is 3.54. The number of carbonyl (C=O) groups is 2. The van der Waals surface area contributed by atoms with Gasteiger partial charge in [0.2, 0.25) is 5.89 Å². The third kappa shape index (κ3) is 5.88. The van der Waals surface area contributed by atoms with E-state index in [1.54, 1.807) is 35.2 Å². The van der Waals surface area contributed by atoms with Crippen molar-refractivity contribution in [3.05, 3.63) is 83.9 Å². The van der Waals surface area contributed by atoms with Crippen LogP contribution in [-0.2, 0) is 0 Å². The molecule has 1 aliphatic heterocycles. The van der Waals surface area contributed by atoms with Gasteiger partial charge in [-0.2, -0.15) is 8.78 Å². The molecule has 43 heavy (non-hydrogen) atoms. The molecule has 5 aromatic rings. The molecule has 3 aromatic heterocycles. The molecule has 6 rings (SSSR count). The van der Waals surface area contributed by atoms with Gasteiger partial charge in [-0.05, 0) is 35.0 Å². The second-order valence-corrected chi connectivity index (χ2v) is 9.60. The van der Waals surface area contributed by atoms with E-state index in [0.717, 1.165) is 5.56 Å². The van der Waals surface area contributed by atoms with Gasteiger partial charge in [0, 0.05) is 51.1 Å². The van der Waals surface area contributed by atoms with Crippen molar-refractivity contribution in [2.75, 3.05) is 33.2 Å². The summed E-state index contributed by atoms with van der Waals surface area (Å²) in [7, 11) is 1.46. The van der Waals surface area contributed by atoms with Gasteiger partial charge in [-0.3, -0.25) is 14.7 Å². The zero-order valence-corrected chi connectivity index (χ0v) is 22.8. The number of pyridine rings is 1. The molecule has 0 bridgehead atoms. The first-order valence-electron chi connectivity index (χ1n) is 13.3. The number of hydrogen-bond donors (Lipinski definition) is 1. The van der Waals surface area contributed by atoms with E-state index < -0.39 is 18.7 Å². The van der Waals surface area contributed by atoms with Crippen molar-refractivity contribution in [3.8, 4) is 17.2 Å². The molecule has 1 fully saturated rings. The lowest BCUT2D eigenvalue weighted by Crippen LogP contribution is -2.50. The Hall–Kier alpha value is -5.31. The molecule has 4 heterocycles. The minimum Gasteiger partial charge on any atom is -0.436 e. The summed E-state index contributed by atoms with van der Waals surface area (Å²) in [6.45, 7) is -1.27. The number of amides is 2. The summed E-state index contributed by atoms with van der Waals surface area (Å²) < 4.78 is 37.3. The van der Waals surface area contributed by atoms with E-state index in [2.05, 4.69) is 30.7 Å². The fraction of sp³-hybridized carbons (Fsp3) is 0.250. The van der Waals surface area contributed by atoms with Crippen molar-refractivity contribution < 1.29 is 27.5 Å². The number of oxazole rings is 1. The van der Waals surface area contributed by atoms with Gasteiger partial charge >= 0.3 is 12.6 Å². The lowest BCUT2D eigenvalue weighted by Gasteiger charge is -2.38. The maximum atomic E-state index is 13.4. The van der Waals surface area contributed by atoms with Crippen LogP contribution in [0.2, 0.25) is 0 Å². The Morgan fingerprint density at radius 1 is 1.02 bits per heavy atom. The SMILES string of the molecule is CNC(=O)Oc1ccc2oc(-c3ccnc(C(=O)N4CCN(C(c5ccccc5)c5nnn(C(F)F)n5)CC4)c3)nc2c1. The van der Waals surface area contributed by atoms with Gasteiger partial charge in [-0.1, -0.05) is 35.1 Å². The first-order chi connectivity index (χ1) is 20.9. The third-order valence-corrected chi connectivity index (χ3v) is 6.94. The number of rotatable bonds is 7. The summed E-state index contributed by atoms with van der Waals surface area (Å²) in [6, 6.07) is 16.9. The largest absolute Gasteiger partial charge is 0.436 e. The van der Waals surface area contributed by atoms with Crippen molar-refractivity contribution in [2.45, 2.75) is 12.6 Å². The average Bonchev–Trinajstić information content (AvgIpc) is 3.70. The molecule has 220 valence electrons. The molecule has 1 saturated heterocycles. The standard InChI is InChI=1S/C28H25F2N9O4/c1-31-28(41)42-19-7-8-22-20(16-19)33-25(43-22)18-9-10-32-21(15-18)26(40)38-13-11-37(12-14-38)23(17-5-3-2-4-6-17)24-34-36-39(35-24)27(29)30/h2-10,15-16,23,27H,11-14H2,1H3,(H,31,41). The number of nitrogens with zero attached hydrogens (tertiary/aromatic N) is 8. The van der Waals surface area contributed by atoms with Crippen molar-refractivity contribution in [3.63, 3.8) is 0 Å². The maximum Gasteiger partial charge on any atom is 0.412 e. The molecule has 1 N–H and O–H groups in total. The van der Waals surface area contributed by atoms with E-state index in [-0.39, 0.29) is 28.1 Å². The molecule has 13 nitrogen and oxygen atoms in total. The molecule has 0 saturated carbocycles. The number of benzene rings is 2. The number of nitrogens with one attached hydrogen (secondary N) is 1. The van der Waals surface area contributed by atoms with Gasteiger partial charge in [0.1, 0.15) is 17.0 Å². The Balaban J connectivity index is 1.17. The molecule has 0 radical (unpaired) electrons. The second kappa shape index (κ2) is 11.9. The summed E-state index contributed by atoms with van der Waals surface area (Å²) in [4.78, 5) is 37.7. The summed E-state index contributed by atoms with van der Waals surface area (Å²) in [5, 5.41) is 13.7. The van der Waals surface area contributed by atoms with Crippen LogP contribution < -0.4 is 10.1 Å². The smallest absolute Gasteiger partial charge is 0.412 e. The number of hydrogen-bond acceptors (Lipinski definition) is 10. The van der Waals surface area contributed by atoms with Gasteiger partial charge in [-0.15, -0.1) is 10.2 Å². The molecule has 1 unspecified atom stereocenters. The molecule has 2 amide bonds. The topological polar surface area (TPSA) is 144 Å². The van der Waals surface area contributed by atoms with E-state index in [9.17, 15) is 18.4 Å². The molecule has 0 aliphatic carbocycles. The molecular formula is C28H25F2N9O4. The van der Waals surface area contributed by atoms with Crippen LogP contribution in [0.15, 0.2) is 71.3 Å². The van der Waals surface area contributed by atoms with Crippen LogP contribution in [0.1, 0.15) is 34.5 Å². The third-order valence-electron chi connectivity index (χ3n) is 6.94. The normalized spacial score (nSPS) is 14.7. The Bertz CT molecular complexity index is 1750. The molecule has 1 atom stereocenters. The summed E-state index contributed by atoms with van der Waals surface area (Å²) in [5.41, 5.74) is 2.57. The van der Waals surface area contributed by atoms with E-state index in [4.69, 9.17) is 9.15 Å². The number of fused-ring (bicyclic) bond motifs is 1. The van der Waals surface area contributed by atoms with Crippen LogP contribution in [0.5, 0.6) is 5.75 Å². The lowest BCUT2D eigenvalue weighted by atomic mass is 10.0. The van der Waals surface area contributed by atoms with Crippen molar-refractivity contribution in [1.82, 2.24) is 45.3 Å². The second-order valence-electron chi connectivity index (χ2n) is 9.60. The first-order valence-corrected chi connectivity index (χ1v) is 13.3.